The molecule has 0 radical (unpaired) electrons. The van der Waals surface area contributed by atoms with Crippen LogP contribution in [-0.4, -0.2) is 53.9 Å². The van der Waals surface area contributed by atoms with Gasteiger partial charge in [-0.3, -0.25) is 4.21 Å². The van der Waals surface area contributed by atoms with E-state index >= 15 is 0 Å². The lowest BCUT2D eigenvalue weighted by Gasteiger charge is -2.38. The summed E-state index contributed by atoms with van der Waals surface area (Å²) in [5, 5.41) is 4.57. The number of nitrogens with two attached hydrogens (primary N) is 1. The molecule has 0 bridgehead atoms. The monoisotopic (exact) mass is 438 g/mol. The van der Waals surface area contributed by atoms with Gasteiger partial charge in [0.15, 0.2) is 0 Å². The summed E-state index contributed by atoms with van der Waals surface area (Å²) in [7, 11) is 0.552. The van der Waals surface area contributed by atoms with Crippen LogP contribution in [0.2, 0.25) is 0 Å². The molecule has 31 heavy (non-hydrogen) atoms. The highest BCUT2D eigenvalue weighted by Gasteiger charge is 2.34. The predicted octanol–water partition coefficient (Wildman–Crippen LogP) is 2.51. The maximum Gasteiger partial charge on any atom is 0.131 e. The van der Waals surface area contributed by atoms with E-state index in [1.807, 2.05) is 36.4 Å². The molecule has 8 heteroatoms. The van der Waals surface area contributed by atoms with E-state index in [0.717, 1.165) is 38.6 Å². The van der Waals surface area contributed by atoms with E-state index in [4.69, 9.17) is 20.2 Å². The van der Waals surface area contributed by atoms with Crippen molar-refractivity contribution in [2.24, 2.45) is 5.73 Å². The van der Waals surface area contributed by atoms with E-state index in [-0.39, 0.29) is 5.54 Å². The van der Waals surface area contributed by atoms with E-state index in [2.05, 4.69) is 22.3 Å². The Hall–Kier alpha value is -2.68. The minimum absolute atomic E-state index is 0.331. The number of ether oxygens (including phenoxy) is 2. The molecule has 3 heterocycles. The number of nitrogens with zero attached hydrogens (tertiary/aromatic N) is 2. The first kappa shape index (κ1) is 20.2. The minimum Gasteiger partial charge on any atom is -0.497 e. The molecule has 2 aliphatic rings. The van der Waals surface area contributed by atoms with Gasteiger partial charge in [-0.25, -0.2) is 4.98 Å². The average Bonchev–Trinajstić information content (AvgIpc) is 2.94. The molecule has 162 valence electrons. The zero-order valence-electron chi connectivity index (χ0n) is 17.5. The first-order chi connectivity index (χ1) is 15.0. The van der Waals surface area contributed by atoms with E-state index in [0.29, 0.717) is 38.6 Å². The lowest BCUT2D eigenvalue weighted by Crippen LogP contribution is -2.61. The smallest absolute Gasteiger partial charge is 0.131 e. The zero-order valence-corrected chi connectivity index (χ0v) is 18.3. The third-order valence-corrected chi connectivity index (χ3v) is 7.29. The summed E-state index contributed by atoms with van der Waals surface area (Å²) >= 11 is 0. The fraction of sp³-hybridized carbons (Fsp3) is 0.348. The Balaban J connectivity index is 1.49. The van der Waals surface area contributed by atoms with Gasteiger partial charge < -0.3 is 25.4 Å². The third-order valence-electron chi connectivity index (χ3n) is 5.86. The molecule has 0 aliphatic carbocycles. The molecular formula is C23H26N4O3S. The number of fused-ring (bicyclic) bond motifs is 2. The van der Waals surface area contributed by atoms with E-state index in [9.17, 15) is 4.21 Å². The van der Waals surface area contributed by atoms with Crippen LogP contribution in [0, 0.1) is 0 Å². The van der Waals surface area contributed by atoms with Crippen LogP contribution in [0.3, 0.4) is 0 Å². The maximum absolute atomic E-state index is 12.9. The highest BCUT2D eigenvalue weighted by Crippen LogP contribution is 2.31. The number of hydrogen-bond donors (Lipinski definition) is 2. The van der Waals surface area contributed by atoms with Gasteiger partial charge in [0.2, 0.25) is 0 Å². The number of nitrogens with one attached hydrogen (secondary N) is 1. The van der Waals surface area contributed by atoms with Crippen molar-refractivity contribution >= 4 is 33.2 Å². The quantitative estimate of drug-likeness (QED) is 0.633. The summed E-state index contributed by atoms with van der Waals surface area (Å²) in [6.45, 7) is 3.06. The second-order valence-corrected chi connectivity index (χ2v) is 9.74. The largest absolute Gasteiger partial charge is 0.497 e. The molecule has 3 aromatic rings. The predicted molar refractivity (Wildman–Crippen MR) is 123 cm³/mol. The molecule has 1 fully saturated rings. The van der Waals surface area contributed by atoms with Crippen LogP contribution in [0.25, 0.3) is 10.9 Å². The van der Waals surface area contributed by atoms with Crippen LogP contribution >= 0.6 is 0 Å². The molecule has 0 amide bonds. The fourth-order valence-electron chi connectivity index (χ4n) is 3.99. The van der Waals surface area contributed by atoms with Gasteiger partial charge in [0.1, 0.15) is 11.6 Å². The number of benzene rings is 2. The lowest BCUT2D eigenvalue weighted by molar-refractivity contribution is -0.0461. The summed E-state index contributed by atoms with van der Waals surface area (Å²) in [6, 6.07) is 16.0. The molecule has 1 unspecified atom stereocenters. The van der Waals surface area contributed by atoms with Crippen molar-refractivity contribution in [2.45, 2.75) is 17.0 Å². The van der Waals surface area contributed by atoms with Gasteiger partial charge in [0, 0.05) is 47.4 Å². The van der Waals surface area contributed by atoms with Gasteiger partial charge in [-0.05, 0) is 23.8 Å². The number of para-hydroxylation sites is 1. The van der Waals surface area contributed by atoms with Crippen LogP contribution in [0.1, 0.15) is 5.56 Å². The van der Waals surface area contributed by atoms with Crippen molar-refractivity contribution in [3.8, 4) is 5.75 Å². The van der Waals surface area contributed by atoms with Gasteiger partial charge in [0.05, 0.1) is 42.2 Å². The SMILES string of the molecule is COc1ccc2c(c1)S(=O)CCN(c1cc(NCC3(N)COC3)c3ccccc3n1)C2. The highest BCUT2D eigenvalue weighted by atomic mass is 32.2. The van der Waals surface area contributed by atoms with Crippen molar-refractivity contribution in [2.75, 3.05) is 49.4 Å². The number of pyridine rings is 1. The van der Waals surface area contributed by atoms with Gasteiger partial charge in [0.25, 0.3) is 0 Å². The zero-order chi connectivity index (χ0) is 21.4. The third kappa shape index (κ3) is 3.98. The number of methoxy groups -OCH3 is 1. The first-order valence-electron chi connectivity index (χ1n) is 10.4. The summed E-state index contributed by atoms with van der Waals surface area (Å²) in [5.74, 6) is 2.13. The Morgan fingerprint density at radius 1 is 1.26 bits per heavy atom. The Labute approximate surface area is 184 Å². The molecule has 0 saturated carbocycles. The molecule has 7 nitrogen and oxygen atoms in total. The van der Waals surface area contributed by atoms with Crippen molar-refractivity contribution in [1.29, 1.82) is 0 Å². The highest BCUT2D eigenvalue weighted by molar-refractivity contribution is 7.85. The lowest BCUT2D eigenvalue weighted by atomic mass is 9.99. The normalized spacial score (nSPS) is 19.9. The first-order valence-corrected chi connectivity index (χ1v) is 11.7. The second kappa shape index (κ2) is 8.11. The van der Waals surface area contributed by atoms with Crippen LogP contribution in [-0.2, 0) is 22.1 Å². The fourth-order valence-corrected chi connectivity index (χ4v) is 5.27. The number of rotatable bonds is 5. The molecule has 2 aromatic carbocycles. The number of hydrogen-bond acceptors (Lipinski definition) is 7. The summed E-state index contributed by atoms with van der Waals surface area (Å²) in [4.78, 5) is 7.95. The van der Waals surface area contributed by atoms with Crippen molar-refractivity contribution in [1.82, 2.24) is 4.98 Å². The van der Waals surface area contributed by atoms with Crippen molar-refractivity contribution < 1.29 is 13.7 Å². The Morgan fingerprint density at radius 2 is 2.10 bits per heavy atom. The summed E-state index contributed by atoms with van der Waals surface area (Å²) in [6.07, 6.45) is 0. The van der Waals surface area contributed by atoms with E-state index in [1.54, 1.807) is 7.11 Å². The van der Waals surface area contributed by atoms with Crippen LogP contribution in [0.5, 0.6) is 5.75 Å². The van der Waals surface area contributed by atoms with Crippen LogP contribution in [0.4, 0.5) is 11.5 Å². The number of aromatic nitrogens is 1. The minimum atomic E-state index is -1.08. The Kier molecular flexibility index (Phi) is 5.29. The molecular weight excluding hydrogens is 412 g/mol. The average molecular weight is 439 g/mol. The van der Waals surface area contributed by atoms with Crippen molar-refractivity contribution in [3.63, 3.8) is 0 Å². The topological polar surface area (TPSA) is 89.7 Å². The summed E-state index contributed by atoms with van der Waals surface area (Å²) in [5.41, 5.74) is 8.95. The molecule has 1 aromatic heterocycles. The van der Waals surface area contributed by atoms with Crippen molar-refractivity contribution in [3.05, 3.63) is 54.1 Å². The molecule has 1 saturated heterocycles. The van der Waals surface area contributed by atoms with Crippen LogP contribution in [0.15, 0.2) is 53.4 Å². The molecule has 5 rings (SSSR count). The van der Waals surface area contributed by atoms with E-state index in [1.165, 1.54) is 0 Å². The molecule has 0 spiro atoms. The Bertz CT molecular complexity index is 1150. The Morgan fingerprint density at radius 3 is 2.87 bits per heavy atom. The second-order valence-electron chi connectivity index (χ2n) is 8.20. The molecule has 3 N–H and O–H groups in total. The van der Waals surface area contributed by atoms with Gasteiger partial charge >= 0.3 is 0 Å². The summed E-state index contributed by atoms with van der Waals surface area (Å²) < 4.78 is 23.5. The number of anilines is 2. The molecule has 1 atom stereocenters. The van der Waals surface area contributed by atoms with Gasteiger partial charge in [-0.2, -0.15) is 0 Å². The van der Waals surface area contributed by atoms with Crippen LogP contribution < -0.4 is 20.7 Å². The standard InChI is InChI=1S/C23H26N4O3S/c1-29-17-7-6-16-12-27(8-9-31(28)21(16)10-17)22-11-20(25-13-23(24)14-30-15-23)18-4-2-3-5-19(18)26-22/h2-7,10-11H,8-9,12-15,24H2,1H3,(H,25,26). The van der Waals surface area contributed by atoms with E-state index < -0.39 is 10.8 Å². The van der Waals surface area contributed by atoms with Gasteiger partial charge in [-0.1, -0.05) is 24.3 Å². The maximum atomic E-state index is 12.9. The van der Waals surface area contributed by atoms with Gasteiger partial charge in [-0.15, -0.1) is 0 Å². The molecule has 2 aliphatic heterocycles.